The Morgan fingerprint density at radius 1 is 1.38 bits per heavy atom. The molecule has 1 atom stereocenters. The van der Waals surface area contributed by atoms with Crippen LogP contribution >= 0.6 is 0 Å². The molecule has 0 radical (unpaired) electrons. The van der Waals surface area contributed by atoms with Gasteiger partial charge in [0.15, 0.2) is 5.82 Å². The van der Waals surface area contributed by atoms with Crippen molar-refractivity contribution < 1.29 is 4.52 Å². The van der Waals surface area contributed by atoms with E-state index in [1.807, 2.05) is 30.3 Å². The first kappa shape index (κ1) is 16.9. The van der Waals surface area contributed by atoms with Crippen LogP contribution in [0, 0.1) is 6.92 Å². The maximum atomic E-state index is 12.4. The predicted octanol–water partition coefficient (Wildman–Crippen LogP) is 1.93. The Morgan fingerprint density at radius 2 is 2.23 bits per heavy atom. The van der Waals surface area contributed by atoms with Crippen LogP contribution in [0.1, 0.15) is 23.7 Å². The largest absolute Gasteiger partial charge is 0.340 e. The first-order valence-corrected chi connectivity index (χ1v) is 8.91. The minimum absolute atomic E-state index is 0.00257. The smallest absolute Gasteiger partial charge is 0.252 e. The predicted molar refractivity (Wildman–Crippen MR) is 98.8 cm³/mol. The summed E-state index contributed by atoms with van der Waals surface area (Å²) >= 11 is 0. The molecule has 1 unspecified atom stereocenters. The van der Waals surface area contributed by atoms with Gasteiger partial charge in [0.05, 0.1) is 6.54 Å². The van der Waals surface area contributed by atoms with Gasteiger partial charge >= 0.3 is 0 Å². The molecule has 3 heterocycles. The van der Waals surface area contributed by atoms with Gasteiger partial charge in [-0.3, -0.25) is 14.6 Å². The number of pyridine rings is 1. The van der Waals surface area contributed by atoms with Crippen LogP contribution in [0.2, 0.25) is 0 Å². The Balaban J connectivity index is 1.41. The van der Waals surface area contributed by atoms with E-state index >= 15 is 0 Å². The third-order valence-electron chi connectivity index (χ3n) is 5.06. The SMILES string of the molecule is Cc1nc(CN(C)C2CCN(Cc3cc4ccccc4[nH]c3=O)C2)no1. The third-order valence-corrected chi connectivity index (χ3v) is 5.06. The molecule has 4 rings (SSSR count). The van der Waals surface area contributed by atoms with Crippen LogP contribution in [0.25, 0.3) is 10.9 Å². The lowest BCUT2D eigenvalue weighted by molar-refractivity contribution is 0.215. The number of aryl methyl sites for hydroxylation is 1. The summed E-state index contributed by atoms with van der Waals surface area (Å²) < 4.78 is 5.04. The van der Waals surface area contributed by atoms with Crippen LogP contribution in [-0.2, 0) is 13.1 Å². The van der Waals surface area contributed by atoms with E-state index in [1.54, 1.807) is 6.92 Å². The van der Waals surface area contributed by atoms with Gasteiger partial charge in [0.2, 0.25) is 5.89 Å². The lowest BCUT2D eigenvalue weighted by atomic mass is 10.1. The summed E-state index contributed by atoms with van der Waals surface area (Å²) in [6.45, 7) is 5.05. The van der Waals surface area contributed by atoms with Crippen LogP contribution in [-0.4, -0.2) is 51.1 Å². The third kappa shape index (κ3) is 3.54. The fraction of sp³-hybridized carbons (Fsp3) is 0.421. The van der Waals surface area contributed by atoms with Crippen LogP contribution in [0.15, 0.2) is 39.6 Å². The van der Waals surface area contributed by atoms with Gasteiger partial charge in [0, 0.05) is 43.7 Å². The highest BCUT2D eigenvalue weighted by Gasteiger charge is 2.27. The molecule has 1 saturated heterocycles. The molecule has 0 aliphatic carbocycles. The highest BCUT2D eigenvalue weighted by atomic mass is 16.5. The lowest BCUT2D eigenvalue weighted by Gasteiger charge is -2.23. The summed E-state index contributed by atoms with van der Waals surface area (Å²) in [4.78, 5) is 24.2. The molecule has 1 aliphatic rings. The highest BCUT2D eigenvalue weighted by Crippen LogP contribution is 2.19. The fourth-order valence-corrected chi connectivity index (χ4v) is 3.62. The number of rotatable bonds is 5. The molecular formula is C19H23N5O2. The summed E-state index contributed by atoms with van der Waals surface area (Å²) in [5.41, 5.74) is 1.71. The Hall–Kier alpha value is -2.51. The molecular weight excluding hydrogens is 330 g/mol. The molecule has 0 amide bonds. The number of H-pyrrole nitrogens is 1. The highest BCUT2D eigenvalue weighted by molar-refractivity contribution is 5.78. The molecule has 3 aromatic rings. The lowest BCUT2D eigenvalue weighted by Crippen LogP contribution is -2.34. The zero-order valence-electron chi connectivity index (χ0n) is 15.1. The minimum Gasteiger partial charge on any atom is -0.340 e. The average molecular weight is 353 g/mol. The molecule has 1 N–H and O–H groups in total. The van der Waals surface area contributed by atoms with Gasteiger partial charge in [0.1, 0.15) is 0 Å². The molecule has 136 valence electrons. The second kappa shape index (κ2) is 7.01. The van der Waals surface area contributed by atoms with Gasteiger partial charge < -0.3 is 9.51 Å². The van der Waals surface area contributed by atoms with E-state index in [1.165, 1.54) is 0 Å². The molecule has 0 saturated carbocycles. The van der Waals surface area contributed by atoms with Crippen molar-refractivity contribution in [2.45, 2.75) is 32.5 Å². The summed E-state index contributed by atoms with van der Waals surface area (Å²) in [7, 11) is 2.09. The summed E-state index contributed by atoms with van der Waals surface area (Å²) in [6, 6.07) is 10.3. The van der Waals surface area contributed by atoms with E-state index in [-0.39, 0.29) is 5.56 Å². The van der Waals surface area contributed by atoms with Crippen LogP contribution in [0.4, 0.5) is 0 Å². The van der Waals surface area contributed by atoms with Crippen molar-refractivity contribution in [3.63, 3.8) is 0 Å². The number of likely N-dealkylation sites (tertiary alicyclic amines) is 1. The van der Waals surface area contributed by atoms with Gasteiger partial charge in [-0.25, -0.2) is 0 Å². The number of hydrogen-bond acceptors (Lipinski definition) is 6. The topological polar surface area (TPSA) is 78.3 Å². The first-order chi connectivity index (χ1) is 12.6. The molecule has 2 aromatic heterocycles. The van der Waals surface area contributed by atoms with E-state index in [9.17, 15) is 4.79 Å². The second-order valence-electron chi connectivity index (χ2n) is 7.03. The van der Waals surface area contributed by atoms with E-state index < -0.39 is 0 Å². The van der Waals surface area contributed by atoms with Gasteiger partial charge in [0.25, 0.3) is 5.56 Å². The zero-order chi connectivity index (χ0) is 18.1. The normalized spacial score (nSPS) is 18.2. The minimum atomic E-state index is 0.00257. The Labute approximate surface area is 151 Å². The number of aromatic nitrogens is 3. The number of benzene rings is 1. The van der Waals surface area contributed by atoms with E-state index in [2.05, 4.69) is 32.0 Å². The van der Waals surface area contributed by atoms with Crippen LogP contribution in [0.5, 0.6) is 0 Å². The van der Waals surface area contributed by atoms with E-state index in [0.29, 0.717) is 25.0 Å². The van der Waals surface area contributed by atoms with Crippen LogP contribution in [0.3, 0.4) is 0 Å². The maximum absolute atomic E-state index is 12.4. The van der Waals surface area contributed by atoms with Crippen molar-refractivity contribution in [2.24, 2.45) is 0 Å². The van der Waals surface area contributed by atoms with Crippen molar-refractivity contribution in [3.8, 4) is 0 Å². The molecule has 1 fully saturated rings. The Morgan fingerprint density at radius 3 is 3.04 bits per heavy atom. The van der Waals surface area contributed by atoms with Crippen LogP contribution < -0.4 is 5.56 Å². The van der Waals surface area contributed by atoms with Crippen molar-refractivity contribution in [1.29, 1.82) is 0 Å². The average Bonchev–Trinajstić information content (AvgIpc) is 3.25. The fourth-order valence-electron chi connectivity index (χ4n) is 3.62. The summed E-state index contributed by atoms with van der Waals surface area (Å²) in [5.74, 6) is 1.31. The maximum Gasteiger partial charge on any atom is 0.252 e. The number of likely N-dealkylation sites (N-methyl/N-ethyl adjacent to an activating group) is 1. The van der Waals surface area contributed by atoms with Gasteiger partial charge in [-0.15, -0.1) is 0 Å². The quantitative estimate of drug-likeness (QED) is 0.755. The number of fused-ring (bicyclic) bond motifs is 1. The van der Waals surface area contributed by atoms with Gasteiger partial charge in [-0.2, -0.15) is 4.98 Å². The molecule has 0 bridgehead atoms. The zero-order valence-corrected chi connectivity index (χ0v) is 15.1. The molecule has 1 aliphatic heterocycles. The van der Waals surface area contributed by atoms with Crippen molar-refractivity contribution in [2.75, 3.05) is 20.1 Å². The Bertz CT molecular complexity index is 964. The summed E-state index contributed by atoms with van der Waals surface area (Å²) in [5, 5.41) is 5.04. The molecule has 7 nitrogen and oxygen atoms in total. The van der Waals surface area contributed by atoms with Crippen molar-refractivity contribution >= 4 is 10.9 Å². The van der Waals surface area contributed by atoms with E-state index in [4.69, 9.17) is 4.52 Å². The summed E-state index contributed by atoms with van der Waals surface area (Å²) in [6.07, 6.45) is 1.07. The number of para-hydroxylation sites is 1. The molecule has 0 spiro atoms. The number of nitrogens with zero attached hydrogens (tertiary/aromatic N) is 4. The molecule has 26 heavy (non-hydrogen) atoms. The second-order valence-corrected chi connectivity index (χ2v) is 7.03. The van der Waals surface area contributed by atoms with Gasteiger partial charge in [-0.1, -0.05) is 23.4 Å². The standard InChI is InChI=1S/C19H23N5O2/c1-13-20-18(22-26-13)12-23(2)16-7-8-24(11-16)10-15-9-14-5-3-4-6-17(14)21-19(15)25/h3-6,9,16H,7-8,10-12H2,1-2H3,(H,21,25). The number of nitrogens with one attached hydrogen (secondary N) is 1. The number of aromatic amines is 1. The monoisotopic (exact) mass is 353 g/mol. The first-order valence-electron chi connectivity index (χ1n) is 8.91. The van der Waals surface area contributed by atoms with Gasteiger partial charge in [-0.05, 0) is 31.0 Å². The van der Waals surface area contributed by atoms with Crippen molar-refractivity contribution in [3.05, 3.63) is 58.0 Å². The number of hydrogen-bond donors (Lipinski definition) is 1. The van der Waals surface area contributed by atoms with Crippen molar-refractivity contribution in [1.82, 2.24) is 24.9 Å². The van der Waals surface area contributed by atoms with E-state index in [0.717, 1.165) is 41.8 Å². The molecule has 1 aromatic carbocycles. The Kier molecular flexibility index (Phi) is 4.57. The molecule has 7 heteroatoms.